The van der Waals surface area contributed by atoms with Gasteiger partial charge >= 0.3 is 0 Å². The van der Waals surface area contributed by atoms with Crippen LogP contribution in [-0.4, -0.2) is 38.7 Å². The van der Waals surface area contributed by atoms with E-state index in [9.17, 15) is 4.79 Å². The molecule has 2 aromatic rings. The second-order valence-electron chi connectivity index (χ2n) is 5.29. The highest BCUT2D eigenvalue weighted by Crippen LogP contribution is 2.23. The van der Waals surface area contributed by atoms with Crippen LogP contribution in [-0.2, 0) is 17.1 Å². The van der Waals surface area contributed by atoms with Crippen molar-refractivity contribution in [3.05, 3.63) is 35.9 Å². The zero-order chi connectivity index (χ0) is 15.4. The van der Waals surface area contributed by atoms with Gasteiger partial charge in [0, 0.05) is 18.8 Å². The van der Waals surface area contributed by atoms with Crippen LogP contribution in [0.2, 0.25) is 0 Å². The number of nitrogens with zero attached hydrogens (tertiary/aromatic N) is 4. The molecule has 0 saturated carbocycles. The van der Waals surface area contributed by atoms with Crippen molar-refractivity contribution in [1.82, 2.24) is 19.7 Å². The molecule has 1 saturated heterocycles. The first-order valence-corrected chi connectivity index (χ1v) is 8.36. The molecule has 0 atom stereocenters. The first kappa shape index (κ1) is 14.9. The largest absolute Gasteiger partial charge is 0.368 e. The van der Waals surface area contributed by atoms with E-state index in [1.54, 1.807) is 16.3 Å². The van der Waals surface area contributed by atoms with Crippen molar-refractivity contribution < 1.29 is 4.79 Å². The van der Waals surface area contributed by atoms with E-state index in [1.165, 1.54) is 5.56 Å². The summed E-state index contributed by atoms with van der Waals surface area (Å²) in [6.07, 6.45) is 2.16. The van der Waals surface area contributed by atoms with Crippen molar-refractivity contribution in [2.45, 2.75) is 30.3 Å². The van der Waals surface area contributed by atoms with E-state index in [1.807, 2.05) is 23.1 Å². The summed E-state index contributed by atoms with van der Waals surface area (Å²) in [5.74, 6) is 1.16. The molecular weight excluding hydrogens is 298 g/mol. The number of aromatic nitrogens is 3. The van der Waals surface area contributed by atoms with Crippen molar-refractivity contribution in [3.8, 4) is 0 Å². The number of nitrogen functional groups attached to an aromatic ring is 1. The summed E-state index contributed by atoms with van der Waals surface area (Å²) < 4.78 is 1.70. The second kappa shape index (κ2) is 6.83. The Morgan fingerprint density at radius 3 is 2.64 bits per heavy atom. The molecule has 2 N–H and O–H groups in total. The van der Waals surface area contributed by atoms with Gasteiger partial charge in [-0.1, -0.05) is 42.1 Å². The van der Waals surface area contributed by atoms with E-state index in [2.05, 4.69) is 22.3 Å². The van der Waals surface area contributed by atoms with Crippen LogP contribution in [0.1, 0.15) is 18.4 Å². The second-order valence-corrected chi connectivity index (χ2v) is 6.23. The molecule has 2 heterocycles. The quantitative estimate of drug-likeness (QED) is 0.851. The molecule has 1 aliphatic rings. The third-order valence-electron chi connectivity index (χ3n) is 3.71. The smallest absolute Gasteiger partial charge is 0.242 e. The van der Waals surface area contributed by atoms with Gasteiger partial charge < -0.3 is 10.6 Å². The predicted octanol–water partition coefficient (Wildman–Crippen LogP) is 1.77. The average Bonchev–Trinajstić information content (AvgIpc) is 3.18. The van der Waals surface area contributed by atoms with Crippen molar-refractivity contribution in [1.29, 1.82) is 0 Å². The molecular formula is C15H19N5OS. The normalized spacial score (nSPS) is 14.5. The molecule has 116 valence electrons. The number of hydrogen-bond donors (Lipinski definition) is 1. The fourth-order valence-electron chi connectivity index (χ4n) is 2.48. The molecule has 1 amide bonds. The van der Waals surface area contributed by atoms with Crippen molar-refractivity contribution in [2.75, 3.05) is 18.8 Å². The number of nitrogens with two attached hydrogens (primary N) is 1. The fourth-order valence-corrected chi connectivity index (χ4v) is 3.38. The Kier molecular flexibility index (Phi) is 4.62. The van der Waals surface area contributed by atoms with E-state index in [0.717, 1.165) is 31.7 Å². The predicted molar refractivity (Wildman–Crippen MR) is 86.3 cm³/mol. The van der Waals surface area contributed by atoms with Crippen LogP contribution in [0.15, 0.2) is 35.5 Å². The Morgan fingerprint density at radius 1 is 1.18 bits per heavy atom. The number of anilines is 1. The summed E-state index contributed by atoms with van der Waals surface area (Å²) in [7, 11) is 0. The van der Waals surface area contributed by atoms with Gasteiger partial charge in [-0.3, -0.25) is 9.36 Å². The summed E-state index contributed by atoms with van der Waals surface area (Å²) in [6.45, 7) is 1.90. The SMILES string of the molecule is Nc1nnc(SCc2ccccc2)n1CC(=O)N1CCCC1. The Labute approximate surface area is 133 Å². The highest BCUT2D eigenvalue weighted by molar-refractivity contribution is 7.98. The van der Waals surface area contributed by atoms with Gasteiger partial charge in [0.05, 0.1) is 0 Å². The molecule has 0 unspecified atom stereocenters. The van der Waals surface area contributed by atoms with E-state index < -0.39 is 0 Å². The summed E-state index contributed by atoms with van der Waals surface area (Å²) in [5.41, 5.74) is 7.06. The number of benzene rings is 1. The zero-order valence-corrected chi connectivity index (χ0v) is 13.1. The minimum atomic E-state index is 0.0885. The van der Waals surface area contributed by atoms with Crippen LogP contribution in [0.3, 0.4) is 0 Å². The molecule has 7 heteroatoms. The number of thioether (sulfide) groups is 1. The van der Waals surface area contributed by atoms with Crippen LogP contribution in [0.25, 0.3) is 0 Å². The van der Waals surface area contributed by atoms with Crippen LogP contribution in [0.5, 0.6) is 0 Å². The van der Waals surface area contributed by atoms with Crippen LogP contribution < -0.4 is 5.73 Å². The molecule has 0 bridgehead atoms. The molecule has 1 fully saturated rings. The molecule has 22 heavy (non-hydrogen) atoms. The molecule has 1 aromatic heterocycles. The third kappa shape index (κ3) is 3.41. The van der Waals surface area contributed by atoms with E-state index >= 15 is 0 Å². The third-order valence-corrected chi connectivity index (χ3v) is 4.75. The summed E-state index contributed by atoms with van der Waals surface area (Å²) >= 11 is 1.54. The molecule has 0 radical (unpaired) electrons. The van der Waals surface area contributed by atoms with Crippen LogP contribution in [0, 0.1) is 0 Å². The van der Waals surface area contributed by atoms with Crippen molar-refractivity contribution in [2.24, 2.45) is 0 Å². The Bertz CT molecular complexity index is 637. The standard InChI is InChI=1S/C15H19N5OS/c16-14-17-18-15(22-11-12-6-2-1-3-7-12)20(14)10-13(21)19-8-4-5-9-19/h1-3,6-7H,4-5,8-11H2,(H2,16,17). The summed E-state index contributed by atoms with van der Waals surface area (Å²) in [4.78, 5) is 14.2. The van der Waals surface area contributed by atoms with Crippen LogP contribution >= 0.6 is 11.8 Å². The highest BCUT2D eigenvalue weighted by Gasteiger charge is 2.21. The van der Waals surface area contributed by atoms with Gasteiger partial charge in [0.1, 0.15) is 6.54 Å². The minimum absolute atomic E-state index is 0.0885. The molecule has 6 nitrogen and oxygen atoms in total. The number of likely N-dealkylation sites (tertiary alicyclic amines) is 1. The molecule has 0 aliphatic carbocycles. The number of amides is 1. The minimum Gasteiger partial charge on any atom is -0.368 e. The molecule has 3 rings (SSSR count). The van der Waals surface area contributed by atoms with E-state index in [-0.39, 0.29) is 12.5 Å². The Balaban J connectivity index is 1.66. The lowest BCUT2D eigenvalue weighted by Crippen LogP contribution is -2.31. The van der Waals surface area contributed by atoms with Crippen LogP contribution in [0.4, 0.5) is 5.95 Å². The first-order valence-electron chi connectivity index (χ1n) is 7.37. The van der Waals surface area contributed by atoms with Crippen molar-refractivity contribution in [3.63, 3.8) is 0 Å². The number of rotatable bonds is 5. The summed E-state index contributed by atoms with van der Waals surface area (Å²) in [5, 5.41) is 8.69. The topological polar surface area (TPSA) is 77.0 Å². The molecule has 1 aliphatic heterocycles. The Morgan fingerprint density at radius 2 is 1.91 bits per heavy atom. The molecule has 0 spiro atoms. The maximum atomic E-state index is 12.3. The lowest BCUT2D eigenvalue weighted by molar-refractivity contribution is -0.130. The average molecular weight is 317 g/mol. The monoisotopic (exact) mass is 317 g/mol. The van der Waals surface area contributed by atoms with Gasteiger partial charge in [-0.2, -0.15) is 0 Å². The van der Waals surface area contributed by atoms with Crippen molar-refractivity contribution >= 4 is 23.6 Å². The lowest BCUT2D eigenvalue weighted by atomic mass is 10.2. The zero-order valence-electron chi connectivity index (χ0n) is 12.3. The Hall–Kier alpha value is -2.02. The van der Waals surface area contributed by atoms with E-state index in [0.29, 0.717) is 11.1 Å². The van der Waals surface area contributed by atoms with Gasteiger partial charge in [0.15, 0.2) is 5.16 Å². The maximum absolute atomic E-state index is 12.3. The van der Waals surface area contributed by atoms with Gasteiger partial charge in [-0.15, -0.1) is 10.2 Å². The highest BCUT2D eigenvalue weighted by atomic mass is 32.2. The fraction of sp³-hybridized carbons (Fsp3) is 0.400. The van der Waals surface area contributed by atoms with Gasteiger partial charge in [0.25, 0.3) is 0 Å². The van der Waals surface area contributed by atoms with Gasteiger partial charge in [0.2, 0.25) is 11.9 Å². The number of hydrogen-bond acceptors (Lipinski definition) is 5. The maximum Gasteiger partial charge on any atom is 0.242 e. The first-order chi connectivity index (χ1) is 10.7. The van der Waals surface area contributed by atoms with Gasteiger partial charge in [-0.25, -0.2) is 0 Å². The van der Waals surface area contributed by atoms with Gasteiger partial charge in [-0.05, 0) is 18.4 Å². The lowest BCUT2D eigenvalue weighted by Gasteiger charge is -2.16. The van der Waals surface area contributed by atoms with E-state index in [4.69, 9.17) is 5.73 Å². The number of carbonyl (C=O) groups is 1. The molecule has 1 aromatic carbocycles. The number of carbonyl (C=O) groups excluding carboxylic acids is 1. The summed E-state index contributed by atoms with van der Waals surface area (Å²) in [6, 6.07) is 10.1.